The molecule has 4 N–H and O–H groups in total. The van der Waals surface area contributed by atoms with E-state index in [1.54, 1.807) is 18.2 Å². The molecule has 3 aromatic rings. The number of carbonyl (C=O) groups excluding carboxylic acids is 1. The zero-order chi connectivity index (χ0) is 17.6. The minimum Gasteiger partial charge on any atom is -0.331 e. The van der Waals surface area contributed by atoms with Gasteiger partial charge in [0.15, 0.2) is 5.11 Å². The zero-order valence-corrected chi connectivity index (χ0v) is 13.9. The van der Waals surface area contributed by atoms with E-state index in [4.69, 9.17) is 12.2 Å². The van der Waals surface area contributed by atoms with Crippen molar-refractivity contribution >= 4 is 40.0 Å². The fourth-order valence-electron chi connectivity index (χ4n) is 2.19. The highest BCUT2D eigenvalue weighted by Gasteiger charge is 2.10. The number of benzene rings is 2. The summed E-state index contributed by atoms with van der Waals surface area (Å²) in [5.74, 6) is -0.425. The van der Waals surface area contributed by atoms with E-state index < -0.39 is 5.91 Å². The molecule has 0 radical (unpaired) electrons. The van der Waals surface area contributed by atoms with Gasteiger partial charge in [-0.25, -0.2) is 4.98 Å². The third-order valence-corrected chi connectivity index (χ3v) is 3.55. The number of H-pyrrole nitrogens is 1. The lowest BCUT2D eigenvalue weighted by Crippen LogP contribution is -2.44. The minimum absolute atomic E-state index is 0.139. The zero-order valence-electron chi connectivity index (χ0n) is 13.1. The Hall–Kier alpha value is -3.26. The van der Waals surface area contributed by atoms with Gasteiger partial charge in [0.2, 0.25) is 5.91 Å². The molecule has 0 saturated carbocycles. The molecule has 0 saturated heterocycles. The number of hydrogen-bond acceptors (Lipinski definition) is 4. The number of aromatic amines is 1. The maximum Gasteiger partial charge on any atom is 0.270 e. The van der Waals surface area contributed by atoms with Gasteiger partial charge in [0.25, 0.3) is 5.56 Å². The van der Waals surface area contributed by atoms with Crippen LogP contribution in [0, 0.1) is 0 Å². The largest absolute Gasteiger partial charge is 0.331 e. The summed E-state index contributed by atoms with van der Waals surface area (Å²) in [7, 11) is 0. The van der Waals surface area contributed by atoms with Crippen molar-refractivity contribution in [3.63, 3.8) is 0 Å². The summed E-state index contributed by atoms with van der Waals surface area (Å²) in [4.78, 5) is 30.9. The standard InChI is InChI=1S/C17H15N5O2S/c23-15(21-22-17(25)18-11-6-2-1-3-7-11)10-14-16(24)20-13-9-5-4-8-12(13)19-14/h1-9H,10H2,(H,20,24)(H,21,23)(H2,18,22,25). The molecule has 1 aromatic heterocycles. The van der Waals surface area contributed by atoms with Gasteiger partial charge in [0.1, 0.15) is 5.69 Å². The first-order valence-electron chi connectivity index (χ1n) is 7.50. The highest BCUT2D eigenvalue weighted by molar-refractivity contribution is 7.80. The Morgan fingerprint density at radius 1 is 1.04 bits per heavy atom. The quantitative estimate of drug-likeness (QED) is 0.421. The van der Waals surface area contributed by atoms with Crippen LogP contribution in [0.25, 0.3) is 11.0 Å². The van der Waals surface area contributed by atoms with Gasteiger partial charge in [0, 0.05) is 5.69 Å². The number of nitrogens with zero attached hydrogens (tertiary/aromatic N) is 1. The van der Waals surface area contributed by atoms with Crippen molar-refractivity contribution in [2.75, 3.05) is 5.32 Å². The maximum absolute atomic E-state index is 12.0. The van der Waals surface area contributed by atoms with Crippen LogP contribution in [0.5, 0.6) is 0 Å². The number of hydrogen-bond donors (Lipinski definition) is 4. The van der Waals surface area contributed by atoms with Crippen LogP contribution < -0.4 is 21.7 Å². The first-order chi connectivity index (χ1) is 12.1. The lowest BCUT2D eigenvalue weighted by molar-refractivity contribution is -0.121. The van der Waals surface area contributed by atoms with Crippen molar-refractivity contribution in [3.05, 3.63) is 70.6 Å². The molecular formula is C17H15N5O2S. The van der Waals surface area contributed by atoms with E-state index in [2.05, 4.69) is 26.1 Å². The molecule has 0 aliphatic heterocycles. The number of rotatable bonds is 3. The summed E-state index contributed by atoms with van der Waals surface area (Å²) >= 11 is 5.09. The summed E-state index contributed by atoms with van der Waals surface area (Å²) in [5, 5.41) is 3.15. The van der Waals surface area contributed by atoms with Crippen molar-refractivity contribution in [3.8, 4) is 0 Å². The fourth-order valence-corrected chi connectivity index (χ4v) is 2.36. The van der Waals surface area contributed by atoms with Crippen LogP contribution in [0.15, 0.2) is 59.4 Å². The highest BCUT2D eigenvalue weighted by Crippen LogP contribution is 2.06. The summed E-state index contributed by atoms with van der Waals surface area (Å²) in [5.41, 5.74) is 6.82. The molecule has 0 unspecified atom stereocenters. The average molecular weight is 353 g/mol. The van der Waals surface area contributed by atoms with Crippen LogP contribution >= 0.6 is 12.2 Å². The Kier molecular flexibility index (Phi) is 5.00. The molecule has 1 heterocycles. The van der Waals surface area contributed by atoms with Crippen LogP contribution in [-0.4, -0.2) is 21.0 Å². The number of carbonyl (C=O) groups is 1. The number of fused-ring (bicyclic) bond motifs is 1. The third kappa shape index (κ3) is 4.39. The van der Waals surface area contributed by atoms with Crippen LogP contribution in [0.4, 0.5) is 5.69 Å². The molecule has 1 amide bonds. The number of anilines is 1. The molecule has 0 aliphatic carbocycles. The van der Waals surface area contributed by atoms with Crippen molar-refractivity contribution in [1.29, 1.82) is 0 Å². The first-order valence-corrected chi connectivity index (χ1v) is 7.91. The summed E-state index contributed by atoms with van der Waals surface area (Å²) < 4.78 is 0. The average Bonchev–Trinajstić information content (AvgIpc) is 2.61. The van der Waals surface area contributed by atoms with Gasteiger partial charge >= 0.3 is 0 Å². The Morgan fingerprint density at radius 3 is 2.56 bits per heavy atom. The van der Waals surface area contributed by atoms with Crippen molar-refractivity contribution in [2.24, 2.45) is 0 Å². The highest BCUT2D eigenvalue weighted by atomic mass is 32.1. The van der Waals surface area contributed by atoms with Crippen LogP contribution in [0.2, 0.25) is 0 Å². The molecule has 0 spiro atoms. The van der Waals surface area contributed by atoms with E-state index in [0.29, 0.717) is 11.0 Å². The van der Waals surface area contributed by atoms with E-state index in [1.165, 1.54) is 0 Å². The van der Waals surface area contributed by atoms with Crippen molar-refractivity contribution in [1.82, 2.24) is 20.8 Å². The number of para-hydroxylation sites is 3. The van der Waals surface area contributed by atoms with E-state index in [-0.39, 0.29) is 22.8 Å². The molecule has 8 heteroatoms. The van der Waals surface area contributed by atoms with Crippen LogP contribution in [0.3, 0.4) is 0 Å². The van der Waals surface area contributed by atoms with E-state index in [0.717, 1.165) is 5.69 Å². The lowest BCUT2D eigenvalue weighted by Gasteiger charge is -2.11. The Labute approximate surface area is 148 Å². The molecule has 0 aliphatic rings. The van der Waals surface area contributed by atoms with E-state index in [9.17, 15) is 9.59 Å². The Bertz CT molecular complexity index is 971. The molecule has 7 nitrogen and oxygen atoms in total. The second kappa shape index (κ2) is 7.54. The smallest absolute Gasteiger partial charge is 0.270 e. The number of aromatic nitrogens is 2. The Morgan fingerprint density at radius 2 is 1.76 bits per heavy atom. The van der Waals surface area contributed by atoms with Crippen LogP contribution in [0.1, 0.15) is 5.69 Å². The SMILES string of the molecule is O=C(Cc1nc2ccccc2[nH]c1=O)NNC(=S)Nc1ccccc1. The summed E-state index contributed by atoms with van der Waals surface area (Å²) in [6, 6.07) is 16.4. The van der Waals surface area contributed by atoms with E-state index >= 15 is 0 Å². The number of hydrazine groups is 1. The predicted octanol–water partition coefficient (Wildman–Crippen LogP) is 1.48. The Balaban J connectivity index is 1.58. The van der Waals surface area contributed by atoms with Gasteiger partial charge in [-0.2, -0.15) is 0 Å². The van der Waals surface area contributed by atoms with Gasteiger partial charge in [-0.1, -0.05) is 30.3 Å². The van der Waals surface area contributed by atoms with Gasteiger partial charge in [-0.3, -0.25) is 20.4 Å². The topological polar surface area (TPSA) is 98.9 Å². The maximum atomic E-state index is 12.0. The lowest BCUT2D eigenvalue weighted by atomic mass is 10.2. The van der Waals surface area contributed by atoms with Crippen molar-refractivity contribution < 1.29 is 4.79 Å². The molecular weight excluding hydrogens is 338 g/mol. The second-order valence-corrected chi connectivity index (χ2v) is 5.61. The normalized spacial score (nSPS) is 10.2. The monoisotopic (exact) mass is 353 g/mol. The van der Waals surface area contributed by atoms with Gasteiger partial charge < -0.3 is 10.3 Å². The van der Waals surface area contributed by atoms with Crippen molar-refractivity contribution in [2.45, 2.75) is 6.42 Å². The number of thiocarbonyl (C=S) groups is 1. The summed E-state index contributed by atoms with van der Waals surface area (Å²) in [6.45, 7) is 0. The van der Waals surface area contributed by atoms with Gasteiger partial charge in [-0.05, 0) is 36.5 Å². The minimum atomic E-state index is -0.425. The van der Waals surface area contributed by atoms with Gasteiger partial charge in [-0.15, -0.1) is 0 Å². The number of nitrogens with one attached hydrogen (secondary N) is 4. The van der Waals surface area contributed by atoms with Gasteiger partial charge in [0.05, 0.1) is 17.5 Å². The molecule has 126 valence electrons. The third-order valence-electron chi connectivity index (χ3n) is 3.34. The fraction of sp³-hybridized carbons (Fsp3) is 0.0588. The molecule has 0 fully saturated rings. The molecule has 25 heavy (non-hydrogen) atoms. The molecule has 3 rings (SSSR count). The molecule has 0 atom stereocenters. The number of amides is 1. The van der Waals surface area contributed by atoms with E-state index in [1.807, 2.05) is 36.4 Å². The second-order valence-electron chi connectivity index (χ2n) is 5.20. The predicted molar refractivity (Wildman–Crippen MR) is 100 cm³/mol. The molecule has 2 aromatic carbocycles. The summed E-state index contributed by atoms with van der Waals surface area (Å²) in [6.07, 6.45) is -0.166. The van der Waals surface area contributed by atoms with Crippen LogP contribution in [-0.2, 0) is 11.2 Å². The molecule has 0 bridgehead atoms. The first kappa shape index (κ1) is 16.6.